The van der Waals surface area contributed by atoms with Crippen molar-refractivity contribution < 1.29 is 13.2 Å². The van der Waals surface area contributed by atoms with Crippen LogP contribution in [0.4, 0.5) is 5.82 Å². The highest BCUT2D eigenvalue weighted by Gasteiger charge is 2.27. The minimum atomic E-state index is -3.48. The lowest BCUT2D eigenvalue weighted by Crippen LogP contribution is -2.37. The fourth-order valence-electron chi connectivity index (χ4n) is 3.93. The summed E-state index contributed by atoms with van der Waals surface area (Å²) >= 11 is 0. The lowest BCUT2D eigenvalue weighted by Gasteiger charge is -2.25. The Morgan fingerprint density at radius 2 is 1.76 bits per heavy atom. The van der Waals surface area contributed by atoms with Crippen LogP contribution in [0.2, 0.25) is 0 Å². The summed E-state index contributed by atoms with van der Waals surface area (Å²) in [5.41, 5.74) is 0.471. The van der Waals surface area contributed by atoms with E-state index in [1.165, 1.54) is 16.4 Å². The predicted molar refractivity (Wildman–Crippen MR) is 111 cm³/mol. The molecule has 4 rings (SSSR count). The minimum absolute atomic E-state index is 0.0428. The molecule has 7 nitrogen and oxygen atoms in total. The van der Waals surface area contributed by atoms with E-state index in [1.807, 2.05) is 18.2 Å². The molecule has 2 fully saturated rings. The first kappa shape index (κ1) is 19.8. The van der Waals surface area contributed by atoms with Crippen molar-refractivity contribution in [1.29, 1.82) is 0 Å². The molecule has 1 aromatic heterocycles. The van der Waals surface area contributed by atoms with Crippen LogP contribution >= 0.6 is 0 Å². The summed E-state index contributed by atoms with van der Waals surface area (Å²) in [7, 11) is -3.48. The number of hydrogen-bond donors (Lipinski definition) is 1. The van der Waals surface area contributed by atoms with Crippen molar-refractivity contribution in [3.05, 3.63) is 54.2 Å². The number of rotatable bonds is 5. The van der Waals surface area contributed by atoms with Gasteiger partial charge in [-0.25, -0.2) is 13.4 Å². The highest BCUT2D eigenvalue weighted by atomic mass is 32.2. The maximum Gasteiger partial charge on any atom is 0.251 e. The van der Waals surface area contributed by atoms with Crippen LogP contribution in [-0.2, 0) is 10.0 Å². The van der Waals surface area contributed by atoms with Gasteiger partial charge in [0.25, 0.3) is 5.91 Å². The molecule has 2 saturated heterocycles. The molecule has 1 atom stereocenters. The Morgan fingerprint density at radius 1 is 1.00 bits per heavy atom. The van der Waals surface area contributed by atoms with Crippen LogP contribution in [0.5, 0.6) is 0 Å². The Kier molecular flexibility index (Phi) is 5.82. The number of nitrogens with one attached hydrogen (secondary N) is 1. The van der Waals surface area contributed by atoms with Gasteiger partial charge in [0.2, 0.25) is 10.0 Å². The van der Waals surface area contributed by atoms with Crippen molar-refractivity contribution in [3.63, 3.8) is 0 Å². The van der Waals surface area contributed by atoms with Crippen molar-refractivity contribution in [1.82, 2.24) is 14.6 Å². The van der Waals surface area contributed by atoms with E-state index in [2.05, 4.69) is 15.2 Å². The number of anilines is 1. The number of amides is 1. The van der Waals surface area contributed by atoms with E-state index >= 15 is 0 Å². The van der Waals surface area contributed by atoms with Crippen LogP contribution in [0.15, 0.2) is 53.6 Å². The SMILES string of the molecule is O=C(NC1CCN(c2ccccn2)C1)c1ccc(S(=O)(=O)N2CCCCC2)cc1. The quantitative estimate of drug-likeness (QED) is 0.812. The van der Waals surface area contributed by atoms with Gasteiger partial charge in [-0.15, -0.1) is 0 Å². The van der Waals surface area contributed by atoms with Crippen molar-refractivity contribution in [2.75, 3.05) is 31.1 Å². The zero-order chi connectivity index (χ0) is 20.3. The first-order valence-electron chi connectivity index (χ1n) is 10.1. The van der Waals surface area contributed by atoms with Crippen molar-refractivity contribution in [2.45, 2.75) is 36.6 Å². The third-order valence-electron chi connectivity index (χ3n) is 5.57. The van der Waals surface area contributed by atoms with E-state index in [-0.39, 0.29) is 16.8 Å². The highest BCUT2D eigenvalue weighted by molar-refractivity contribution is 7.89. The molecule has 2 aromatic rings. The minimum Gasteiger partial charge on any atom is -0.354 e. The van der Waals surface area contributed by atoms with Gasteiger partial charge in [0.05, 0.1) is 4.90 Å². The van der Waals surface area contributed by atoms with Gasteiger partial charge in [-0.2, -0.15) is 4.31 Å². The normalized spacial score (nSPS) is 20.6. The molecule has 1 unspecified atom stereocenters. The van der Waals surface area contributed by atoms with Crippen molar-refractivity contribution >= 4 is 21.7 Å². The van der Waals surface area contributed by atoms with Crippen molar-refractivity contribution in [3.8, 4) is 0 Å². The first-order chi connectivity index (χ1) is 14.0. The van der Waals surface area contributed by atoms with Crippen LogP contribution in [0.25, 0.3) is 0 Å². The lowest BCUT2D eigenvalue weighted by molar-refractivity contribution is 0.0940. The molecular weight excluding hydrogens is 388 g/mol. The predicted octanol–water partition coefficient (Wildman–Crippen LogP) is 2.26. The number of nitrogens with zero attached hydrogens (tertiary/aromatic N) is 3. The van der Waals surface area contributed by atoms with E-state index < -0.39 is 10.0 Å². The Labute approximate surface area is 171 Å². The molecule has 2 aliphatic rings. The summed E-state index contributed by atoms with van der Waals surface area (Å²) in [6.45, 7) is 2.69. The molecule has 1 aromatic carbocycles. The van der Waals surface area contributed by atoms with Gasteiger partial charge in [0.1, 0.15) is 5.82 Å². The Bertz CT molecular complexity index is 942. The highest BCUT2D eigenvalue weighted by Crippen LogP contribution is 2.21. The van der Waals surface area contributed by atoms with Gasteiger partial charge < -0.3 is 10.2 Å². The van der Waals surface area contributed by atoms with Crippen molar-refractivity contribution in [2.24, 2.45) is 0 Å². The van der Waals surface area contributed by atoms with E-state index in [1.54, 1.807) is 18.3 Å². The lowest BCUT2D eigenvalue weighted by atomic mass is 10.2. The number of piperidine rings is 1. The molecule has 1 amide bonds. The van der Waals surface area contributed by atoms with E-state index in [0.29, 0.717) is 25.2 Å². The average molecular weight is 415 g/mol. The maximum atomic E-state index is 12.7. The third kappa shape index (κ3) is 4.43. The van der Waals surface area contributed by atoms with Crippen LogP contribution in [0.1, 0.15) is 36.0 Å². The molecule has 0 bridgehead atoms. The van der Waals surface area contributed by atoms with E-state index in [9.17, 15) is 13.2 Å². The van der Waals surface area contributed by atoms with Crippen LogP contribution in [0, 0.1) is 0 Å². The van der Waals surface area contributed by atoms with Gasteiger partial charge in [-0.1, -0.05) is 12.5 Å². The molecule has 1 N–H and O–H groups in total. The maximum absolute atomic E-state index is 12.7. The summed E-state index contributed by atoms with van der Waals surface area (Å²) in [5, 5.41) is 3.05. The second kappa shape index (κ2) is 8.51. The summed E-state index contributed by atoms with van der Waals surface area (Å²) in [4.78, 5) is 19.4. The monoisotopic (exact) mass is 414 g/mol. The number of hydrogen-bond acceptors (Lipinski definition) is 5. The second-order valence-corrected chi connectivity index (χ2v) is 9.52. The smallest absolute Gasteiger partial charge is 0.251 e. The first-order valence-corrected chi connectivity index (χ1v) is 11.5. The Hall–Kier alpha value is -2.45. The van der Waals surface area contributed by atoms with Crippen LogP contribution in [0.3, 0.4) is 0 Å². The molecule has 154 valence electrons. The summed E-state index contributed by atoms with van der Waals surface area (Å²) in [5.74, 6) is 0.733. The average Bonchev–Trinajstić information content (AvgIpc) is 3.23. The number of sulfonamides is 1. The number of aromatic nitrogens is 1. The standard InChI is InChI=1S/C21H26N4O3S/c26-21(23-18-11-15-24(16-18)20-6-2-3-12-22-20)17-7-9-19(10-8-17)29(27,28)25-13-4-1-5-14-25/h2-3,6-10,12,18H,1,4-5,11,13-16H2,(H,23,26). The largest absolute Gasteiger partial charge is 0.354 e. The van der Waals surface area contributed by atoms with E-state index in [4.69, 9.17) is 0 Å². The summed E-state index contributed by atoms with van der Waals surface area (Å²) < 4.78 is 27.0. The molecule has 0 saturated carbocycles. The van der Waals surface area contributed by atoms with Gasteiger partial charge in [0.15, 0.2) is 0 Å². The topological polar surface area (TPSA) is 82.6 Å². The number of carbonyl (C=O) groups excluding carboxylic acids is 1. The molecular formula is C21H26N4O3S. The molecule has 0 radical (unpaired) electrons. The molecule has 8 heteroatoms. The molecule has 0 aliphatic carbocycles. The molecule has 29 heavy (non-hydrogen) atoms. The van der Waals surface area contributed by atoms with E-state index in [0.717, 1.165) is 38.0 Å². The zero-order valence-electron chi connectivity index (χ0n) is 16.3. The third-order valence-corrected chi connectivity index (χ3v) is 7.48. The Morgan fingerprint density at radius 3 is 2.45 bits per heavy atom. The number of benzene rings is 1. The van der Waals surface area contributed by atoms with Gasteiger partial charge in [-0.05, 0) is 55.7 Å². The zero-order valence-corrected chi connectivity index (χ0v) is 17.1. The fourth-order valence-corrected chi connectivity index (χ4v) is 5.45. The second-order valence-electron chi connectivity index (χ2n) is 7.58. The summed E-state index contributed by atoms with van der Waals surface area (Å²) in [6.07, 6.45) is 5.49. The molecule has 0 spiro atoms. The number of pyridine rings is 1. The van der Waals surface area contributed by atoms with Crippen LogP contribution < -0.4 is 10.2 Å². The van der Waals surface area contributed by atoms with Gasteiger partial charge >= 0.3 is 0 Å². The molecule has 3 heterocycles. The Balaban J connectivity index is 1.37. The molecule has 2 aliphatic heterocycles. The summed E-state index contributed by atoms with van der Waals surface area (Å²) in [6, 6.07) is 12.1. The van der Waals surface area contributed by atoms with Gasteiger partial charge in [-0.3, -0.25) is 4.79 Å². The number of carbonyl (C=O) groups is 1. The van der Waals surface area contributed by atoms with Crippen LogP contribution in [-0.4, -0.2) is 55.8 Å². The van der Waals surface area contributed by atoms with Gasteiger partial charge in [0, 0.05) is 44.0 Å². The fraction of sp³-hybridized carbons (Fsp3) is 0.429.